The number of nitrogens with one attached hydrogen (secondary N) is 1. The van der Waals surface area contributed by atoms with E-state index in [0.717, 1.165) is 4.34 Å². The summed E-state index contributed by atoms with van der Waals surface area (Å²) in [7, 11) is 0. The molecule has 0 radical (unpaired) electrons. The third-order valence-electron chi connectivity index (χ3n) is 3.79. The van der Waals surface area contributed by atoms with Gasteiger partial charge in [0.1, 0.15) is 0 Å². The fourth-order valence-corrected chi connectivity index (χ4v) is 4.31. The van der Waals surface area contributed by atoms with Crippen LogP contribution in [0.15, 0.2) is 18.2 Å². The predicted octanol–water partition coefficient (Wildman–Crippen LogP) is 4.48. The van der Waals surface area contributed by atoms with E-state index in [4.69, 9.17) is 11.6 Å². The molecule has 0 spiro atoms. The van der Waals surface area contributed by atoms with Crippen molar-refractivity contribution in [3.8, 4) is 0 Å². The Morgan fingerprint density at radius 2 is 2.24 bits per heavy atom. The molecular weight excluding hydrogens is 250 g/mol. The lowest BCUT2D eigenvalue weighted by molar-refractivity contribution is 0.378. The van der Waals surface area contributed by atoms with E-state index in [1.54, 1.807) is 11.3 Å². The Morgan fingerprint density at radius 1 is 1.29 bits per heavy atom. The minimum atomic E-state index is 0.541. The maximum Gasteiger partial charge on any atom is 0.0934 e. The molecule has 2 aliphatic rings. The van der Waals surface area contributed by atoms with Crippen molar-refractivity contribution in [3.63, 3.8) is 0 Å². The van der Waals surface area contributed by atoms with Crippen molar-refractivity contribution >= 4 is 22.9 Å². The summed E-state index contributed by atoms with van der Waals surface area (Å²) in [5.74, 6) is 0. The van der Waals surface area contributed by atoms with Crippen LogP contribution < -0.4 is 5.32 Å². The molecule has 92 valence electrons. The van der Waals surface area contributed by atoms with Crippen molar-refractivity contribution in [2.45, 2.75) is 50.6 Å². The molecule has 2 unspecified atom stereocenters. The van der Waals surface area contributed by atoms with Crippen LogP contribution in [0.25, 0.3) is 0 Å². The average Bonchev–Trinajstić information content (AvgIpc) is 2.72. The molecule has 1 N–H and O–H groups in total. The van der Waals surface area contributed by atoms with E-state index in [1.165, 1.54) is 49.0 Å². The summed E-state index contributed by atoms with van der Waals surface area (Å²) in [6, 6.07) is 3.38. The fourth-order valence-electron chi connectivity index (χ4n) is 2.92. The second kappa shape index (κ2) is 5.13. The van der Waals surface area contributed by atoms with Gasteiger partial charge in [-0.1, -0.05) is 23.8 Å². The van der Waals surface area contributed by atoms with Crippen molar-refractivity contribution < 1.29 is 0 Å². The molecule has 3 rings (SSSR count). The Hall–Kier alpha value is -0.310. The summed E-state index contributed by atoms with van der Waals surface area (Å²) in [6.45, 7) is 0. The number of fused-ring (bicyclic) bond motifs is 1. The van der Waals surface area contributed by atoms with Crippen LogP contribution in [0.3, 0.4) is 0 Å². The highest BCUT2D eigenvalue weighted by Crippen LogP contribution is 2.38. The third-order valence-corrected chi connectivity index (χ3v) is 5.13. The van der Waals surface area contributed by atoms with Crippen LogP contribution in [-0.4, -0.2) is 6.04 Å². The lowest BCUT2D eigenvalue weighted by Gasteiger charge is -2.29. The van der Waals surface area contributed by atoms with Gasteiger partial charge in [-0.05, 0) is 50.2 Å². The molecule has 0 saturated carbocycles. The summed E-state index contributed by atoms with van der Waals surface area (Å²) in [4.78, 5) is 1.50. The Balaban J connectivity index is 1.73. The van der Waals surface area contributed by atoms with Crippen LogP contribution in [0.4, 0.5) is 0 Å². The normalized spacial score (nSPS) is 28.1. The Bertz CT molecular complexity index is 424. The maximum atomic E-state index is 6.14. The fraction of sp³-hybridized carbons (Fsp3) is 0.571. The van der Waals surface area contributed by atoms with Gasteiger partial charge in [0, 0.05) is 17.0 Å². The van der Waals surface area contributed by atoms with E-state index >= 15 is 0 Å². The monoisotopic (exact) mass is 267 g/mol. The molecule has 1 nitrogen and oxygen atoms in total. The van der Waals surface area contributed by atoms with Crippen molar-refractivity contribution in [1.29, 1.82) is 0 Å². The molecule has 17 heavy (non-hydrogen) atoms. The molecule has 1 heterocycles. The van der Waals surface area contributed by atoms with Gasteiger partial charge in [-0.15, -0.1) is 11.3 Å². The van der Waals surface area contributed by atoms with E-state index in [9.17, 15) is 0 Å². The molecule has 1 aromatic heterocycles. The number of hydrogen-bond acceptors (Lipinski definition) is 2. The second-order valence-corrected chi connectivity index (χ2v) is 6.79. The number of aryl methyl sites for hydroxylation is 1. The summed E-state index contributed by atoms with van der Waals surface area (Å²) in [5.41, 5.74) is 1.47. The second-order valence-electron chi connectivity index (χ2n) is 5.02. The Labute approximate surface area is 112 Å². The quantitative estimate of drug-likeness (QED) is 0.779. The zero-order valence-corrected chi connectivity index (χ0v) is 11.5. The van der Waals surface area contributed by atoms with E-state index < -0.39 is 0 Å². The summed E-state index contributed by atoms with van der Waals surface area (Å²) < 4.78 is 0.951. The van der Waals surface area contributed by atoms with E-state index in [1.807, 2.05) is 0 Å². The van der Waals surface area contributed by atoms with Gasteiger partial charge < -0.3 is 5.32 Å². The van der Waals surface area contributed by atoms with Gasteiger partial charge in [-0.3, -0.25) is 0 Å². The number of allylic oxidation sites excluding steroid dienone is 1. The van der Waals surface area contributed by atoms with Crippen molar-refractivity contribution in [1.82, 2.24) is 5.32 Å². The van der Waals surface area contributed by atoms with Crippen LogP contribution in [0, 0.1) is 0 Å². The van der Waals surface area contributed by atoms with Gasteiger partial charge in [-0.25, -0.2) is 0 Å². The topological polar surface area (TPSA) is 12.0 Å². The zero-order chi connectivity index (χ0) is 11.7. The molecule has 3 heteroatoms. The molecule has 1 aromatic rings. The summed E-state index contributed by atoms with van der Waals surface area (Å²) in [6.07, 6.45) is 12.1. The van der Waals surface area contributed by atoms with Gasteiger partial charge >= 0.3 is 0 Å². The standard InChI is InChI=1S/C14H18ClNS/c15-14-9-11-12(7-4-8-13(11)17-14)16-10-5-2-1-3-6-10/h1-2,9-10,12,16H,3-8H2. The van der Waals surface area contributed by atoms with Crippen LogP contribution in [0.1, 0.15) is 48.6 Å². The molecular formula is C14H18ClNS. The first-order valence-electron chi connectivity index (χ1n) is 6.52. The van der Waals surface area contributed by atoms with E-state index in [0.29, 0.717) is 12.1 Å². The average molecular weight is 268 g/mol. The molecule has 0 fully saturated rings. The molecule has 0 saturated heterocycles. The first-order chi connectivity index (χ1) is 8.33. The van der Waals surface area contributed by atoms with Gasteiger partial charge in [-0.2, -0.15) is 0 Å². The Morgan fingerprint density at radius 3 is 3.06 bits per heavy atom. The molecule has 2 aliphatic carbocycles. The first kappa shape index (κ1) is 11.8. The highest BCUT2D eigenvalue weighted by molar-refractivity contribution is 7.16. The summed E-state index contributed by atoms with van der Waals surface area (Å²) >= 11 is 7.91. The lowest BCUT2D eigenvalue weighted by atomic mass is 9.92. The van der Waals surface area contributed by atoms with Crippen LogP contribution in [-0.2, 0) is 6.42 Å². The largest absolute Gasteiger partial charge is 0.307 e. The smallest absolute Gasteiger partial charge is 0.0934 e. The Kier molecular flexibility index (Phi) is 3.55. The lowest BCUT2D eigenvalue weighted by Crippen LogP contribution is -2.34. The molecule has 2 atom stereocenters. The predicted molar refractivity (Wildman–Crippen MR) is 74.9 cm³/mol. The number of hydrogen-bond donors (Lipinski definition) is 1. The maximum absolute atomic E-state index is 6.14. The number of halogens is 1. The van der Waals surface area contributed by atoms with E-state index in [2.05, 4.69) is 23.5 Å². The van der Waals surface area contributed by atoms with Crippen molar-refractivity contribution in [2.24, 2.45) is 0 Å². The SMILES string of the molecule is Clc1cc2c(s1)CCCC2NC1CC=CCC1. The highest BCUT2D eigenvalue weighted by atomic mass is 35.5. The van der Waals surface area contributed by atoms with Crippen LogP contribution in [0.5, 0.6) is 0 Å². The highest BCUT2D eigenvalue weighted by Gasteiger charge is 2.24. The molecule has 0 aliphatic heterocycles. The first-order valence-corrected chi connectivity index (χ1v) is 7.71. The van der Waals surface area contributed by atoms with Gasteiger partial charge in [0.2, 0.25) is 0 Å². The molecule has 0 aromatic carbocycles. The third kappa shape index (κ3) is 2.59. The molecule has 0 amide bonds. The minimum absolute atomic E-state index is 0.541. The van der Waals surface area contributed by atoms with Crippen LogP contribution >= 0.6 is 22.9 Å². The van der Waals surface area contributed by atoms with Gasteiger partial charge in [0.15, 0.2) is 0 Å². The van der Waals surface area contributed by atoms with Crippen molar-refractivity contribution in [3.05, 3.63) is 33.0 Å². The van der Waals surface area contributed by atoms with Crippen LogP contribution in [0.2, 0.25) is 4.34 Å². The van der Waals surface area contributed by atoms with Crippen molar-refractivity contribution in [2.75, 3.05) is 0 Å². The number of rotatable bonds is 2. The minimum Gasteiger partial charge on any atom is -0.307 e. The van der Waals surface area contributed by atoms with E-state index in [-0.39, 0.29) is 0 Å². The summed E-state index contributed by atoms with van der Waals surface area (Å²) in [5, 5.41) is 3.82. The van der Waals surface area contributed by atoms with Gasteiger partial charge in [0.25, 0.3) is 0 Å². The number of thiophene rings is 1. The van der Waals surface area contributed by atoms with Gasteiger partial charge in [0.05, 0.1) is 4.34 Å². The zero-order valence-electron chi connectivity index (χ0n) is 9.92. The molecule has 0 bridgehead atoms.